The Labute approximate surface area is 89.0 Å². The number of hydrogen-bond acceptors (Lipinski definition) is 4. The lowest BCUT2D eigenvalue weighted by Gasteiger charge is -2.37. The van der Waals surface area contributed by atoms with E-state index in [1.54, 1.807) is 6.92 Å². The lowest BCUT2D eigenvalue weighted by atomic mass is 9.84. The molecule has 1 fully saturated rings. The van der Waals surface area contributed by atoms with Crippen molar-refractivity contribution in [2.24, 2.45) is 0 Å². The summed E-state index contributed by atoms with van der Waals surface area (Å²) in [6.07, 6.45) is 0.443. The van der Waals surface area contributed by atoms with Gasteiger partial charge >= 0.3 is 13.5 Å². The van der Waals surface area contributed by atoms with Gasteiger partial charge in [-0.3, -0.25) is 5.21 Å². The molecule has 1 heterocycles. The third kappa shape index (κ3) is 2.48. The van der Waals surface area contributed by atoms with Gasteiger partial charge in [0.1, 0.15) is 5.68 Å². The third-order valence-corrected chi connectivity index (χ3v) is 2.46. The Bertz CT molecular complexity index is 261. The van der Waals surface area contributed by atoms with Crippen LogP contribution in [0.15, 0.2) is 0 Å². The van der Waals surface area contributed by atoms with Crippen molar-refractivity contribution in [2.45, 2.75) is 19.4 Å². The summed E-state index contributed by atoms with van der Waals surface area (Å²) in [4.78, 5) is 24.4. The van der Waals surface area contributed by atoms with E-state index < -0.39 is 12.1 Å². The van der Waals surface area contributed by atoms with Crippen LogP contribution in [0.2, 0.25) is 0 Å². The van der Waals surface area contributed by atoms with Crippen LogP contribution >= 0.6 is 0 Å². The van der Waals surface area contributed by atoms with E-state index in [9.17, 15) is 14.8 Å². The molecular formula is C8H15BN2O4. The molecule has 1 aliphatic heterocycles. The largest absolute Gasteiger partial charge is 0.434 e. The minimum absolute atomic E-state index is 0.000124. The number of urea groups is 1. The Morgan fingerprint density at radius 1 is 1.73 bits per heavy atom. The normalized spacial score (nSPS) is 21.8. The van der Waals surface area contributed by atoms with Crippen molar-refractivity contribution in [3.05, 3.63) is 0 Å². The number of carbonyl (C=O) groups excluding carboxylic acids is 2. The number of likely N-dealkylation sites (N-methyl/N-ethyl adjacent to an activating group) is 1. The summed E-state index contributed by atoms with van der Waals surface area (Å²) in [5, 5.41) is 9.85. The van der Waals surface area contributed by atoms with Gasteiger partial charge in [-0.25, -0.2) is 9.86 Å². The van der Waals surface area contributed by atoms with Gasteiger partial charge in [-0.05, 0) is 13.3 Å². The molecule has 1 saturated heterocycles. The van der Waals surface area contributed by atoms with E-state index in [0.717, 1.165) is 0 Å². The Morgan fingerprint density at radius 2 is 2.40 bits per heavy atom. The molecule has 0 unspecified atom stereocenters. The summed E-state index contributed by atoms with van der Waals surface area (Å²) in [5.74, 6) is 0. The lowest BCUT2D eigenvalue weighted by Crippen LogP contribution is -2.56. The minimum atomic E-state index is -0.516. The van der Waals surface area contributed by atoms with E-state index in [1.807, 2.05) is 0 Å². The van der Waals surface area contributed by atoms with Crippen molar-refractivity contribution in [2.75, 3.05) is 20.2 Å². The molecule has 2 amide bonds. The molecule has 0 aromatic heterocycles. The second-order valence-electron chi connectivity index (χ2n) is 3.40. The van der Waals surface area contributed by atoms with E-state index in [2.05, 4.69) is 0 Å². The zero-order valence-corrected chi connectivity index (χ0v) is 8.97. The van der Waals surface area contributed by atoms with Crippen LogP contribution in [0.25, 0.3) is 0 Å². The van der Waals surface area contributed by atoms with Gasteiger partial charge < -0.3 is 14.3 Å². The van der Waals surface area contributed by atoms with E-state index in [1.165, 1.54) is 12.0 Å². The number of rotatable bonds is 4. The third-order valence-electron chi connectivity index (χ3n) is 2.46. The molecule has 0 aliphatic carbocycles. The molecule has 1 atom stereocenters. The van der Waals surface area contributed by atoms with E-state index >= 15 is 0 Å². The summed E-state index contributed by atoms with van der Waals surface area (Å²) in [6.45, 7) is 2.36. The van der Waals surface area contributed by atoms with Crippen LogP contribution in [0.5, 0.6) is 0 Å². The zero-order valence-electron chi connectivity index (χ0n) is 8.97. The summed E-state index contributed by atoms with van der Waals surface area (Å²) < 4.78 is 4.75. The lowest BCUT2D eigenvalue weighted by molar-refractivity contribution is -0.123. The van der Waals surface area contributed by atoms with Crippen molar-refractivity contribution in [1.29, 1.82) is 0 Å². The number of hydrogen-bond donors (Lipinski definition) is 1. The standard InChI is InChI=1S/C8H15BN2O4/c1-3-10-6(7(12)9-15-2)4-5-11(14)8(10)13/h6,9,14H,3-5H2,1-2H3/t6-/m0/s1. The van der Waals surface area contributed by atoms with Crippen molar-refractivity contribution in [3.63, 3.8) is 0 Å². The van der Waals surface area contributed by atoms with Crippen LogP contribution in [0.1, 0.15) is 13.3 Å². The van der Waals surface area contributed by atoms with Gasteiger partial charge in [0.05, 0.1) is 12.6 Å². The Balaban J connectivity index is 2.71. The molecule has 1 N–H and O–H groups in total. The Morgan fingerprint density at radius 3 is 2.93 bits per heavy atom. The maximum atomic E-state index is 11.6. The van der Waals surface area contributed by atoms with Gasteiger partial charge in [0, 0.05) is 13.7 Å². The first-order valence-corrected chi connectivity index (χ1v) is 4.90. The predicted molar refractivity (Wildman–Crippen MR) is 53.8 cm³/mol. The number of carbonyl (C=O) groups is 2. The average molecular weight is 214 g/mol. The van der Waals surface area contributed by atoms with Gasteiger partial charge in [0.25, 0.3) is 0 Å². The molecule has 6 nitrogen and oxygen atoms in total. The molecular weight excluding hydrogens is 199 g/mol. The molecule has 0 radical (unpaired) electrons. The van der Waals surface area contributed by atoms with Crippen molar-refractivity contribution < 1.29 is 19.5 Å². The van der Waals surface area contributed by atoms with Crippen molar-refractivity contribution in [1.82, 2.24) is 9.96 Å². The fourth-order valence-corrected chi connectivity index (χ4v) is 1.71. The van der Waals surface area contributed by atoms with Crippen molar-refractivity contribution >= 4 is 19.2 Å². The summed E-state index contributed by atoms with van der Waals surface area (Å²) >= 11 is 0. The quantitative estimate of drug-likeness (QED) is 0.501. The monoisotopic (exact) mass is 214 g/mol. The van der Waals surface area contributed by atoms with Gasteiger partial charge in [0.2, 0.25) is 0 Å². The molecule has 84 valence electrons. The van der Waals surface area contributed by atoms with Crippen LogP contribution < -0.4 is 0 Å². The molecule has 0 saturated carbocycles. The number of hydroxylamine groups is 2. The molecule has 1 rings (SSSR count). The van der Waals surface area contributed by atoms with Crippen LogP contribution in [-0.2, 0) is 9.45 Å². The smallest absolute Gasteiger partial charge is 0.353 e. The SMILES string of the molecule is CCN1C(=O)N(O)CC[C@H]1C(=O)BOC. The Kier molecular flexibility index (Phi) is 4.10. The van der Waals surface area contributed by atoms with Crippen LogP contribution in [-0.4, -0.2) is 60.6 Å². The highest BCUT2D eigenvalue weighted by atomic mass is 16.5. The topological polar surface area (TPSA) is 70.1 Å². The highest BCUT2D eigenvalue weighted by molar-refractivity contribution is 6.70. The Hall–Kier alpha value is -1.08. The minimum Gasteiger partial charge on any atom is -0.434 e. The maximum absolute atomic E-state index is 11.6. The van der Waals surface area contributed by atoms with E-state index in [-0.39, 0.29) is 19.7 Å². The van der Waals surface area contributed by atoms with Gasteiger partial charge in [-0.15, -0.1) is 0 Å². The van der Waals surface area contributed by atoms with Gasteiger partial charge in [0.15, 0.2) is 0 Å². The molecule has 0 aromatic rings. The fraction of sp³-hybridized carbons (Fsp3) is 0.750. The van der Waals surface area contributed by atoms with Crippen LogP contribution in [0.4, 0.5) is 4.79 Å². The van der Waals surface area contributed by atoms with Gasteiger partial charge in [-0.2, -0.15) is 0 Å². The van der Waals surface area contributed by atoms with Gasteiger partial charge in [-0.1, -0.05) is 0 Å². The first kappa shape index (κ1) is 12.0. The average Bonchev–Trinajstić information content (AvgIpc) is 2.22. The molecule has 15 heavy (non-hydrogen) atoms. The highest BCUT2D eigenvalue weighted by Crippen LogP contribution is 2.15. The molecule has 1 aliphatic rings. The second kappa shape index (κ2) is 5.13. The van der Waals surface area contributed by atoms with E-state index in [4.69, 9.17) is 4.65 Å². The molecule has 7 heteroatoms. The molecule has 0 bridgehead atoms. The van der Waals surface area contributed by atoms with Crippen molar-refractivity contribution in [3.8, 4) is 0 Å². The predicted octanol–water partition coefficient (Wildman–Crippen LogP) is -0.584. The summed E-state index contributed by atoms with van der Waals surface area (Å²) in [5.41, 5.74) is -0.124. The highest BCUT2D eigenvalue weighted by Gasteiger charge is 2.35. The fourth-order valence-electron chi connectivity index (χ4n) is 1.71. The number of nitrogens with zero attached hydrogens (tertiary/aromatic N) is 2. The van der Waals surface area contributed by atoms with Crippen LogP contribution in [0, 0.1) is 0 Å². The maximum Gasteiger partial charge on any atom is 0.353 e. The number of amides is 2. The van der Waals surface area contributed by atoms with Crippen LogP contribution in [0.3, 0.4) is 0 Å². The molecule has 0 aromatic carbocycles. The summed E-state index contributed by atoms with van der Waals surface area (Å²) in [7, 11) is 1.44. The first-order valence-electron chi connectivity index (χ1n) is 4.90. The zero-order chi connectivity index (χ0) is 11.4. The first-order chi connectivity index (χ1) is 7.11. The second-order valence-corrected chi connectivity index (χ2v) is 3.40. The summed E-state index contributed by atoms with van der Waals surface area (Å²) in [6, 6.07) is -0.982. The van der Waals surface area contributed by atoms with E-state index in [0.29, 0.717) is 18.0 Å². The molecule has 0 spiro atoms.